The Bertz CT molecular complexity index is 341. The molecule has 1 rings (SSSR count). The number of hydrogen-bond acceptors (Lipinski definition) is 2. The predicted molar refractivity (Wildman–Crippen MR) is 72.4 cm³/mol. The zero-order chi connectivity index (χ0) is 13.3. The minimum Gasteiger partial charge on any atom is -0.212 e. The lowest BCUT2D eigenvalue weighted by atomic mass is 9.77. The number of nitrogens with zero attached hydrogens (tertiary/aromatic N) is 1. The highest BCUT2D eigenvalue weighted by Crippen LogP contribution is 2.34. The molecule has 0 radical (unpaired) electrons. The van der Waals surface area contributed by atoms with Crippen molar-refractivity contribution < 1.29 is 8.42 Å². The van der Waals surface area contributed by atoms with Gasteiger partial charge in [0.05, 0.1) is 5.25 Å². The average Bonchev–Trinajstić information content (AvgIpc) is 2.41. The maximum atomic E-state index is 12.1. The first-order valence-electron chi connectivity index (χ1n) is 6.64. The minimum absolute atomic E-state index is 0.289. The molecule has 0 bridgehead atoms. The van der Waals surface area contributed by atoms with Crippen LogP contribution in [0.5, 0.6) is 0 Å². The van der Waals surface area contributed by atoms with Crippen molar-refractivity contribution in [3.8, 4) is 0 Å². The van der Waals surface area contributed by atoms with Crippen LogP contribution in [0.2, 0.25) is 0 Å². The first-order chi connectivity index (χ1) is 7.65. The summed E-state index contributed by atoms with van der Waals surface area (Å²) in [5.74, 6) is 0.634. The summed E-state index contributed by atoms with van der Waals surface area (Å²) in [6, 6.07) is 0. The van der Waals surface area contributed by atoms with Crippen LogP contribution in [-0.2, 0) is 10.0 Å². The van der Waals surface area contributed by atoms with Gasteiger partial charge in [-0.25, -0.2) is 12.7 Å². The molecule has 1 unspecified atom stereocenters. The fourth-order valence-corrected chi connectivity index (χ4v) is 3.83. The summed E-state index contributed by atoms with van der Waals surface area (Å²) in [4.78, 5) is 0. The monoisotopic (exact) mass is 261 g/mol. The molecule has 3 nitrogen and oxygen atoms in total. The molecule has 4 heteroatoms. The van der Waals surface area contributed by atoms with E-state index in [1.807, 2.05) is 0 Å². The third-order valence-corrected chi connectivity index (χ3v) is 6.14. The molecule has 0 aliphatic carbocycles. The second kappa shape index (κ2) is 5.27. The van der Waals surface area contributed by atoms with Gasteiger partial charge >= 0.3 is 0 Å². The normalized spacial score (nSPS) is 24.9. The van der Waals surface area contributed by atoms with E-state index in [0.29, 0.717) is 19.0 Å². The Morgan fingerprint density at radius 1 is 1.12 bits per heavy atom. The largest absolute Gasteiger partial charge is 0.216 e. The summed E-state index contributed by atoms with van der Waals surface area (Å²) in [6.07, 6.45) is 3.14. The van der Waals surface area contributed by atoms with E-state index in [0.717, 1.165) is 19.3 Å². The van der Waals surface area contributed by atoms with Crippen molar-refractivity contribution in [3.05, 3.63) is 0 Å². The van der Waals surface area contributed by atoms with Crippen molar-refractivity contribution in [1.82, 2.24) is 4.31 Å². The Hall–Kier alpha value is -0.0900. The van der Waals surface area contributed by atoms with Gasteiger partial charge in [-0.15, -0.1) is 0 Å². The first kappa shape index (κ1) is 15.0. The Kier molecular flexibility index (Phi) is 4.64. The van der Waals surface area contributed by atoms with E-state index >= 15 is 0 Å². The molecule has 1 atom stereocenters. The number of sulfonamides is 1. The molecule has 0 saturated carbocycles. The van der Waals surface area contributed by atoms with E-state index < -0.39 is 10.0 Å². The molecule has 17 heavy (non-hydrogen) atoms. The molecular formula is C13H27NO2S. The molecular weight excluding hydrogens is 234 g/mol. The second-order valence-corrected chi connectivity index (χ2v) is 8.98. The topological polar surface area (TPSA) is 37.4 Å². The zero-order valence-corrected chi connectivity index (χ0v) is 12.7. The van der Waals surface area contributed by atoms with Crippen LogP contribution in [0.3, 0.4) is 0 Å². The van der Waals surface area contributed by atoms with Gasteiger partial charge in [-0.05, 0) is 44.4 Å². The van der Waals surface area contributed by atoms with Crippen molar-refractivity contribution in [1.29, 1.82) is 0 Å². The fraction of sp³-hybridized carbons (Fsp3) is 1.00. The van der Waals surface area contributed by atoms with Gasteiger partial charge in [-0.2, -0.15) is 0 Å². The number of rotatable bonds is 2. The SMILES string of the molecule is CC(C)S(=O)(=O)N1CCCC(C(C)(C)C)CC1. The molecule has 0 N–H and O–H groups in total. The maximum absolute atomic E-state index is 12.1. The van der Waals surface area contributed by atoms with Crippen molar-refractivity contribution in [2.75, 3.05) is 13.1 Å². The van der Waals surface area contributed by atoms with Crippen LogP contribution in [0.15, 0.2) is 0 Å². The Morgan fingerprint density at radius 2 is 1.71 bits per heavy atom. The summed E-state index contributed by atoms with van der Waals surface area (Å²) in [6.45, 7) is 11.7. The number of hydrogen-bond donors (Lipinski definition) is 0. The van der Waals surface area contributed by atoms with Crippen LogP contribution in [-0.4, -0.2) is 31.1 Å². The molecule has 1 saturated heterocycles. The van der Waals surface area contributed by atoms with Crippen LogP contribution in [0.1, 0.15) is 53.9 Å². The lowest BCUT2D eigenvalue weighted by Gasteiger charge is -2.29. The van der Waals surface area contributed by atoms with Crippen LogP contribution >= 0.6 is 0 Å². The van der Waals surface area contributed by atoms with Gasteiger partial charge in [-0.1, -0.05) is 20.8 Å². The maximum Gasteiger partial charge on any atom is 0.216 e. The molecule has 0 spiro atoms. The quantitative estimate of drug-likeness (QED) is 0.766. The first-order valence-corrected chi connectivity index (χ1v) is 8.15. The Morgan fingerprint density at radius 3 is 2.18 bits per heavy atom. The van der Waals surface area contributed by atoms with Gasteiger partial charge in [0.15, 0.2) is 0 Å². The summed E-state index contributed by atoms with van der Waals surface area (Å²) < 4.78 is 25.9. The third-order valence-electron chi connectivity index (χ3n) is 3.87. The van der Waals surface area contributed by atoms with E-state index in [9.17, 15) is 8.42 Å². The van der Waals surface area contributed by atoms with Crippen LogP contribution in [0, 0.1) is 11.3 Å². The predicted octanol–water partition coefficient (Wildman–Crippen LogP) is 2.87. The molecule has 0 aromatic rings. The van der Waals surface area contributed by atoms with Crippen molar-refractivity contribution in [2.45, 2.75) is 59.1 Å². The highest BCUT2D eigenvalue weighted by molar-refractivity contribution is 7.89. The summed E-state index contributed by atoms with van der Waals surface area (Å²) in [5.41, 5.74) is 0.289. The standard InChI is InChI=1S/C13H27NO2S/c1-11(2)17(15,16)14-9-6-7-12(8-10-14)13(3,4)5/h11-12H,6-10H2,1-5H3. The summed E-state index contributed by atoms with van der Waals surface area (Å²) in [5, 5.41) is -0.298. The van der Waals surface area contributed by atoms with Crippen molar-refractivity contribution in [2.24, 2.45) is 11.3 Å². The molecule has 0 aromatic heterocycles. The van der Waals surface area contributed by atoms with E-state index in [4.69, 9.17) is 0 Å². The smallest absolute Gasteiger partial charge is 0.212 e. The van der Waals surface area contributed by atoms with Gasteiger partial charge < -0.3 is 0 Å². The van der Waals surface area contributed by atoms with E-state index in [1.165, 1.54) is 0 Å². The zero-order valence-electron chi connectivity index (χ0n) is 11.9. The van der Waals surface area contributed by atoms with Gasteiger partial charge in [0.2, 0.25) is 10.0 Å². The van der Waals surface area contributed by atoms with Crippen LogP contribution in [0.25, 0.3) is 0 Å². The van der Waals surface area contributed by atoms with Gasteiger partial charge in [0, 0.05) is 13.1 Å². The van der Waals surface area contributed by atoms with E-state index in [2.05, 4.69) is 20.8 Å². The van der Waals surface area contributed by atoms with Gasteiger partial charge in [0.1, 0.15) is 0 Å². The van der Waals surface area contributed by atoms with E-state index in [-0.39, 0.29) is 10.7 Å². The molecule has 102 valence electrons. The van der Waals surface area contributed by atoms with Crippen molar-refractivity contribution >= 4 is 10.0 Å². The highest BCUT2D eigenvalue weighted by Gasteiger charge is 2.32. The lowest BCUT2D eigenvalue weighted by Crippen LogP contribution is -2.37. The molecule has 1 heterocycles. The fourth-order valence-electron chi connectivity index (χ4n) is 2.49. The molecule has 1 aliphatic rings. The Labute approximate surface area is 107 Å². The van der Waals surface area contributed by atoms with Crippen molar-refractivity contribution in [3.63, 3.8) is 0 Å². The van der Waals surface area contributed by atoms with Gasteiger partial charge in [-0.3, -0.25) is 0 Å². The van der Waals surface area contributed by atoms with Crippen LogP contribution < -0.4 is 0 Å². The second-order valence-electron chi connectivity index (χ2n) is 6.49. The molecule has 1 fully saturated rings. The van der Waals surface area contributed by atoms with Gasteiger partial charge in [0.25, 0.3) is 0 Å². The third kappa shape index (κ3) is 3.68. The van der Waals surface area contributed by atoms with E-state index in [1.54, 1.807) is 18.2 Å². The molecule has 0 aromatic carbocycles. The van der Waals surface area contributed by atoms with Crippen LogP contribution in [0.4, 0.5) is 0 Å². The summed E-state index contributed by atoms with van der Waals surface area (Å²) >= 11 is 0. The lowest BCUT2D eigenvalue weighted by molar-refractivity contribution is 0.216. The highest BCUT2D eigenvalue weighted by atomic mass is 32.2. The Balaban J connectivity index is 2.73. The summed E-state index contributed by atoms with van der Waals surface area (Å²) in [7, 11) is -3.06. The minimum atomic E-state index is -3.06. The molecule has 1 aliphatic heterocycles. The molecule has 0 amide bonds. The average molecular weight is 261 g/mol.